The summed E-state index contributed by atoms with van der Waals surface area (Å²) >= 11 is 0. The number of aliphatic hydroxyl groups is 1. The molecule has 0 radical (unpaired) electrons. The van der Waals surface area contributed by atoms with Crippen LogP contribution in [0.5, 0.6) is 0 Å². The van der Waals surface area contributed by atoms with Gasteiger partial charge in [-0.05, 0) is 31.7 Å². The first-order chi connectivity index (χ1) is 7.20. The van der Waals surface area contributed by atoms with Crippen LogP contribution in [-0.2, 0) is 4.74 Å². The van der Waals surface area contributed by atoms with Crippen LogP contribution in [0.15, 0.2) is 0 Å². The van der Waals surface area contributed by atoms with Crippen molar-refractivity contribution in [3.8, 4) is 0 Å². The third-order valence-electron chi connectivity index (χ3n) is 2.36. The minimum absolute atomic E-state index is 0.229. The zero-order valence-electron chi connectivity index (χ0n) is 10.5. The summed E-state index contributed by atoms with van der Waals surface area (Å²) in [5, 5.41) is 12.1. The molecule has 0 aromatic heterocycles. The Hall–Kier alpha value is -0.120. The third kappa shape index (κ3) is 10.2. The highest BCUT2D eigenvalue weighted by molar-refractivity contribution is 4.64. The number of ether oxygens (including phenoxy) is 1. The lowest BCUT2D eigenvalue weighted by Crippen LogP contribution is -2.34. The van der Waals surface area contributed by atoms with E-state index in [4.69, 9.17) is 9.84 Å². The normalized spacial score (nSPS) is 13.4. The van der Waals surface area contributed by atoms with Gasteiger partial charge in [-0.2, -0.15) is 0 Å². The minimum atomic E-state index is 0.229. The molecule has 2 N–H and O–H groups in total. The molecule has 0 rings (SSSR count). The van der Waals surface area contributed by atoms with Crippen molar-refractivity contribution in [1.29, 1.82) is 0 Å². The molecule has 3 heteroatoms. The van der Waals surface area contributed by atoms with Crippen LogP contribution in [0, 0.1) is 5.92 Å². The predicted octanol–water partition coefficient (Wildman–Crippen LogP) is 1.80. The molecule has 0 aliphatic carbocycles. The second kappa shape index (κ2) is 10.4. The summed E-state index contributed by atoms with van der Waals surface area (Å²) in [6, 6.07) is 0.305. The summed E-state index contributed by atoms with van der Waals surface area (Å²) in [7, 11) is 0. The van der Waals surface area contributed by atoms with Gasteiger partial charge >= 0.3 is 0 Å². The van der Waals surface area contributed by atoms with Crippen molar-refractivity contribution in [3.05, 3.63) is 0 Å². The second-order valence-corrected chi connectivity index (χ2v) is 4.38. The van der Waals surface area contributed by atoms with Crippen molar-refractivity contribution in [1.82, 2.24) is 5.32 Å². The van der Waals surface area contributed by atoms with Crippen LogP contribution in [0.1, 0.15) is 40.0 Å². The van der Waals surface area contributed by atoms with Crippen molar-refractivity contribution < 1.29 is 9.84 Å². The number of likely N-dealkylation sites (N-methyl/N-ethyl adjacent to an activating group) is 1. The van der Waals surface area contributed by atoms with Crippen LogP contribution in [0.3, 0.4) is 0 Å². The monoisotopic (exact) mass is 217 g/mol. The van der Waals surface area contributed by atoms with Gasteiger partial charge < -0.3 is 15.2 Å². The van der Waals surface area contributed by atoms with E-state index in [1.807, 2.05) is 0 Å². The topological polar surface area (TPSA) is 41.5 Å². The summed E-state index contributed by atoms with van der Waals surface area (Å²) in [6.07, 6.45) is 3.14. The van der Waals surface area contributed by atoms with Crippen molar-refractivity contribution in [3.63, 3.8) is 0 Å². The van der Waals surface area contributed by atoms with Crippen molar-refractivity contribution in [2.24, 2.45) is 5.92 Å². The lowest BCUT2D eigenvalue weighted by molar-refractivity contribution is 0.0976. The molecule has 3 nitrogen and oxygen atoms in total. The number of hydrogen-bond donors (Lipinski definition) is 2. The molecular weight excluding hydrogens is 190 g/mol. The van der Waals surface area contributed by atoms with Crippen LogP contribution < -0.4 is 5.32 Å². The van der Waals surface area contributed by atoms with E-state index in [0.717, 1.165) is 31.9 Å². The SMILES string of the molecule is CCNC(CCO)COCCCC(C)C. The lowest BCUT2D eigenvalue weighted by atomic mass is 10.1. The lowest BCUT2D eigenvalue weighted by Gasteiger charge is -2.16. The Morgan fingerprint density at radius 1 is 1.27 bits per heavy atom. The fraction of sp³-hybridized carbons (Fsp3) is 1.00. The van der Waals surface area contributed by atoms with Crippen LogP contribution >= 0.6 is 0 Å². The molecule has 0 bridgehead atoms. The quantitative estimate of drug-likeness (QED) is 0.548. The predicted molar refractivity (Wildman–Crippen MR) is 64.1 cm³/mol. The van der Waals surface area contributed by atoms with Gasteiger partial charge in [0.25, 0.3) is 0 Å². The minimum Gasteiger partial charge on any atom is -0.396 e. The highest BCUT2D eigenvalue weighted by atomic mass is 16.5. The highest BCUT2D eigenvalue weighted by Crippen LogP contribution is 2.03. The van der Waals surface area contributed by atoms with E-state index in [0.29, 0.717) is 12.6 Å². The maximum atomic E-state index is 8.84. The van der Waals surface area contributed by atoms with E-state index in [1.165, 1.54) is 6.42 Å². The van der Waals surface area contributed by atoms with Gasteiger partial charge in [-0.15, -0.1) is 0 Å². The Morgan fingerprint density at radius 3 is 2.53 bits per heavy atom. The maximum absolute atomic E-state index is 8.84. The smallest absolute Gasteiger partial charge is 0.0620 e. The van der Waals surface area contributed by atoms with Gasteiger partial charge in [-0.1, -0.05) is 20.8 Å². The average molecular weight is 217 g/mol. The number of rotatable bonds is 10. The second-order valence-electron chi connectivity index (χ2n) is 4.38. The maximum Gasteiger partial charge on any atom is 0.0620 e. The largest absolute Gasteiger partial charge is 0.396 e. The van der Waals surface area contributed by atoms with Crippen LogP contribution in [0.25, 0.3) is 0 Å². The van der Waals surface area contributed by atoms with E-state index >= 15 is 0 Å². The number of aliphatic hydroxyl groups excluding tert-OH is 1. The molecule has 0 saturated carbocycles. The summed E-state index contributed by atoms with van der Waals surface area (Å²) < 4.78 is 5.58. The summed E-state index contributed by atoms with van der Waals surface area (Å²) in [5.74, 6) is 0.760. The van der Waals surface area contributed by atoms with Crippen LogP contribution in [0.4, 0.5) is 0 Å². The molecule has 0 aromatic rings. The van der Waals surface area contributed by atoms with Crippen molar-refractivity contribution in [2.75, 3.05) is 26.4 Å². The first-order valence-corrected chi connectivity index (χ1v) is 6.12. The Bertz CT molecular complexity index is 123. The molecule has 0 amide bonds. The van der Waals surface area contributed by atoms with Gasteiger partial charge in [0, 0.05) is 19.3 Å². The van der Waals surface area contributed by atoms with E-state index in [9.17, 15) is 0 Å². The summed E-state index contributed by atoms with van der Waals surface area (Å²) in [5.41, 5.74) is 0. The molecule has 1 unspecified atom stereocenters. The van der Waals surface area contributed by atoms with E-state index in [2.05, 4.69) is 26.1 Å². The number of hydrogen-bond acceptors (Lipinski definition) is 3. The first-order valence-electron chi connectivity index (χ1n) is 6.12. The molecule has 0 saturated heterocycles. The zero-order chi connectivity index (χ0) is 11.5. The molecule has 0 aromatic carbocycles. The molecular formula is C12H27NO2. The van der Waals surface area contributed by atoms with Crippen molar-refractivity contribution in [2.45, 2.75) is 46.1 Å². The molecule has 92 valence electrons. The average Bonchev–Trinajstić information content (AvgIpc) is 2.17. The van der Waals surface area contributed by atoms with Crippen molar-refractivity contribution >= 4 is 0 Å². The van der Waals surface area contributed by atoms with E-state index in [1.54, 1.807) is 0 Å². The van der Waals surface area contributed by atoms with Crippen LogP contribution in [-0.4, -0.2) is 37.5 Å². The molecule has 1 atom stereocenters. The Kier molecular flexibility index (Phi) is 10.3. The zero-order valence-corrected chi connectivity index (χ0v) is 10.5. The highest BCUT2D eigenvalue weighted by Gasteiger charge is 2.05. The first kappa shape index (κ1) is 14.9. The summed E-state index contributed by atoms with van der Waals surface area (Å²) in [4.78, 5) is 0. The molecule has 0 spiro atoms. The fourth-order valence-electron chi connectivity index (χ4n) is 1.51. The Balaban J connectivity index is 3.36. The molecule has 15 heavy (non-hydrogen) atoms. The number of nitrogens with one attached hydrogen (secondary N) is 1. The Morgan fingerprint density at radius 2 is 2.00 bits per heavy atom. The van der Waals surface area contributed by atoms with Gasteiger partial charge in [0.1, 0.15) is 0 Å². The van der Waals surface area contributed by atoms with E-state index in [-0.39, 0.29) is 6.61 Å². The van der Waals surface area contributed by atoms with Gasteiger partial charge in [-0.3, -0.25) is 0 Å². The van der Waals surface area contributed by atoms with Gasteiger partial charge in [0.2, 0.25) is 0 Å². The molecule has 0 heterocycles. The molecule has 0 aliphatic heterocycles. The molecule has 0 fully saturated rings. The standard InChI is InChI=1S/C12H27NO2/c1-4-13-12(7-8-14)10-15-9-5-6-11(2)3/h11-14H,4-10H2,1-3H3. The van der Waals surface area contributed by atoms with Gasteiger partial charge in [-0.25, -0.2) is 0 Å². The van der Waals surface area contributed by atoms with Gasteiger partial charge in [0.05, 0.1) is 6.61 Å². The Labute approximate surface area is 94.2 Å². The van der Waals surface area contributed by atoms with E-state index < -0.39 is 0 Å². The fourth-order valence-corrected chi connectivity index (χ4v) is 1.51. The third-order valence-corrected chi connectivity index (χ3v) is 2.36. The summed E-state index contributed by atoms with van der Waals surface area (Å²) in [6.45, 7) is 9.24. The van der Waals surface area contributed by atoms with Gasteiger partial charge in [0.15, 0.2) is 0 Å². The van der Waals surface area contributed by atoms with Crippen LogP contribution in [0.2, 0.25) is 0 Å². The molecule has 0 aliphatic rings.